The third-order valence-electron chi connectivity index (χ3n) is 3.48. The van der Waals surface area contributed by atoms with E-state index >= 15 is 0 Å². The molecule has 21 heavy (non-hydrogen) atoms. The highest BCUT2D eigenvalue weighted by atomic mass is 35.5. The van der Waals surface area contributed by atoms with Crippen LogP contribution >= 0.6 is 22.9 Å². The predicted molar refractivity (Wildman–Crippen MR) is 81.7 cm³/mol. The van der Waals surface area contributed by atoms with E-state index in [1.54, 1.807) is 23.5 Å². The Kier molecular flexibility index (Phi) is 4.31. The lowest BCUT2D eigenvalue weighted by atomic mass is 9.94. The van der Waals surface area contributed by atoms with Crippen molar-refractivity contribution in [1.29, 1.82) is 0 Å². The smallest absolute Gasteiger partial charge is 0.387 e. The molecule has 1 atom stereocenters. The van der Waals surface area contributed by atoms with Crippen LogP contribution in [0.5, 0.6) is 5.75 Å². The fourth-order valence-electron chi connectivity index (χ4n) is 2.63. The van der Waals surface area contributed by atoms with Crippen LogP contribution in [0.2, 0.25) is 4.34 Å². The molecule has 1 aliphatic carbocycles. The Hall–Kier alpha value is -1.33. The monoisotopic (exact) mass is 329 g/mol. The number of fused-ring (bicyclic) bond motifs is 1. The van der Waals surface area contributed by atoms with Crippen LogP contribution in [0.15, 0.2) is 30.3 Å². The molecule has 0 spiro atoms. The fraction of sp³-hybridized carbons (Fsp3) is 0.333. The van der Waals surface area contributed by atoms with E-state index in [1.807, 2.05) is 12.1 Å². The number of hydrogen-bond donors (Lipinski definition) is 1. The number of aryl methyl sites for hydroxylation is 1. The molecule has 112 valence electrons. The first-order valence-electron chi connectivity index (χ1n) is 6.71. The van der Waals surface area contributed by atoms with Gasteiger partial charge in [0, 0.05) is 16.6 Å². The Labute approximate surface area is 130 Å². The minimum Gasteiger partial charge on any atom is -0.435 e. The van der Waals surface area contributed by atoms with Crippen molar-refractivity contribution in [3.8, 4) is 5.75 Å². The number of nitrogens with one attached hydrogen (secondary N) is 1. The normalized spacial score (nSPS) is 17.6. The van der Waals surface area contributed by atoms with Crippen molar-refractivity contribution < 1.29 is 13.5 Å². The number of ether oxygens (including phenoxy) is 1. The lowest BCUT2D eigenvalue weighted by Gasteiger charge is -2.24. The molecule has 1 heterocycles. The van der Waals surface area contributed by atoms with Crippen molar-refractivity contribution in [3.63, 3.8) is 0 Å². The van der Waals surface area contributed by atoms with Crippen LogP contribution in [-0.2, 0) is 6.42 Å². The number of benzene rings is 1. The second kappa shape index (κ2) is 6.20. The van der Waals surface area contributed by atoms with E-state index in [1.165, 1.54) is 16.5 Å². The fourth-order valence-corrected chi connectivity index (χ4v) is 4.02. The van der Waals surface area contributed by atoms with Gasteiger partial charge in [-0.05, 0) is 43.0 Å². The van der Waals surface area contributed by atoms with E-state index in [0.717, 1.165) is 29.3 Å². The van der Waals surface area contributed by atoms with Gasteiger partial charge in [0.1, 0.15) is 5.75 Å². The Bertz CT molecular complexity index is 632. The SMILES string of the molecule is FC(F)Oc1cccc(NC2CCCc3sc(Cl)cc32)c1. The van der Waals surface area contributed by atoms with Crippen LogP contribution in [0.3, 0.4) is 0 Å². The molecule has 2 aromatic rings. The maximum absolute atomic E-state index is 12.3. The van der Waals surface area contributed by atoms with Crippen LogP contribution in [-0.4, -0.2) is 6.61 Å². The van der Waals surface area contributed by atoms with Gasteiger partial charge in [0.25, 0.3) is 0 Å². The van der Waals surface area contributed by atoms with Gasteiger partial charge < -0.3 is 10.1 Å². The molecule has 0 radical (unpaired) electrons. The summed E-state index contributed by atoms with van der Waals surface area (Å²) in [5, 5.41) is 3.39. The zero-order valence-corrected chi connectivity index (χ0v) is 12.7. The van der Waals surface area contributed by atoms with Crippen molar-refractivity contribution in [1.82, 2.24) is 0 Å². The van der Waals surface area contributed by atoms with Crippen LogP contribution in [0.1, 0.15) is 29.3 Å². The summed E-state index contributed by atoms with van der Waals surface area (Å²) in [6, 6.07) is 8.82. The van der Waals surface area contributed by atoms with Gasteiger partial charge in [-0.3, -0.25) is 0 Å². The number of anilines is 1. The summed E-state index contributed by atoms with van der Waals surface area (Å²) < 4.78 is 29.7. The minimum absolute atomic E-state index is 0.161. The first kappa shape index (κ1) is 14.6. The summed E-state index contributed by atoms with van der Waals surface area (Å²) in [6.45, 7) is -2.81. The molecule has 2 nitrogen and oxygen atoms in total. The quantitative estimate of drug-likeness (QED) is 0.800. The lowest BCUT2D eigenvalue weighted by molar-refractivity contribution is -0.0498. The van der Waals surface area contributed by atoms with Gasteiger partial charge in [0.2, 0.25) is 0 Å². The highest BCUT2D eigenvalue weighted by Gasteiger charge is 2.22. The first-order valence-corrected chi connectivity index (χ1v) is 7.91. The van der Waals surface area contributed by atoms with Crippen LogP contribution in [0.25, 0.3) is 0 Å². The number of rotatable bonds is 4. The zero-order valence-electron chi connectivity index (χ0n) is 11.1. The summed E-state index contributed by atoms with van der Waals surface area (Å²) in [5.74, 6) is 0.161. The highest BCUT2D eigenvalue weighted by Crippen LogP contribution is 2.39. The average Bonchev–Trinajstić information content (AvgIpc) is 2.80. The van der Waals surface area contributed by atoms with Gasteiger partial charge in [-0.2, -0.15) is 8.78 Å². The van der Waals surface area contributed by atoms with Gasteiger partial charge in [-0.1, -0.05) is 17.7 Å². The molecular weight excluding hydrogens is 316 g/mol. The summed E-state index contributed by atoms with van der Waals surface area (Å²) in [5.41, 5.74) is 1.99. The third kappa shape index (κ3) is 3.47. The second-order valence-corrected chi connectivity index (χ2v) is 6.69. The molecule has 1 N–H and O–H groups in total. The number of alkyl halides is 2. The molecule has 6 heteroatoms. The molecule has 0 amide bonds. The van der Waals surface area contributed by atoms with Crippen LogP contribution < -0.4 is 10.1 Å². The predicted octanol–water partition coefficient (Wildman–Crippen LogP) is 5.49. The molecule has 0 saturated heterocycles. The van der Waals surface area contributed by atoms with Gasteiger partial charge in [0.15, 0.2) is 0 Å². The van der Waals surface area contributed by atoms with Gasteiger partial charge >= 0.3 is 6.61 Å². The van der Waals surface area contributed by atoms with Crippen molar-refractivity contribution in [2.45, 2.75) is 31.9 Å². The van der Waals surface area contributed by atoms with Crippen LogP contribution in [0, 0.1) is 0 Å². The molecule has 1 unspecified atom stereocenters. The number of halogens is 3. The van der Waals surface area contributed by atoms with Crippen molar-refractivity contribution in [2.75, 3.05) is 5.32 Å². The summed E-state index contributed by atoms with van der Waals surface area (Å²) >= 11 is 7.71. The summed E-state index contributed by atoms with van der Waals surface area (Å²) in [4.78, 5) is 1.31. The van der Waals surface area contributed by atoms with E-state index in [2.05, 4.69) is 10.1 Å². The van der Waals surface area contributed by atoms with E-state index < -0.39 is 6.61 Å². The Balaban J connectivity index is 1.78. The van der Waals surface area contributed by atoms with Crippen molar-refractivity contribution >= 4 is 28.6 Å². The van der Waals surface area contributed by atoms with E-state index in [-0.39, 0.29) is 11.8 Å². The molecule has 1 aliphatic rings. The van der Waals surface area contributed by atoms with Gasteiger partial charge in [-0.15, -0.1) is 11.3 Å². The standard InChI is InChI=1S/C15H14ClF2NOS/c16-14-8-11-12(5-2-6-13(11)21-14)19-9-3-1-4-10(7-9)20-15(17)18/h1,3-4,7-8,12,15,19H,2,5-6H2. The van der Waals surface area contributed by atoms with Gasteiger partial charge in [0.05, 0.1) is 10.4 Å². The third-order valence-corrected chi connectivity index (χ3v) is 4.82. The van der Waals surface area contributed by atoms with Crippen molar-refractivity contribution in [2.24, 2.45) is 0 Å². The molecule has 0 saturated carbocycles. The first-order chi connectivity index (χ1) is 10.1. The molecule has 0 fully saturated rings. The highest BCUT2D eigenvalue weighted by molar-refractivity contribution is 7.16. The number of hydrogen-bond acceptors (Lipinski definition) is 3. The Morgan fingerprint density at radius 3 is 3.00 bits per heavy atom. The van der Waals surface area contributed by atoms with E-state index in [4.69, 9.17) is 11.6 Å². The molecule has 0 aliphatic heterocycles. The molecule has 1 aromatic carbocycles. The molecule has 3 rings (SSSR count). The maximum atomic E-state index is 12.3. The largest absolute Gasteiger partial charge is 0.435 e. The van der Waals surface area contributed by atoms with E-state index in [9.17, 15) is 8.78 Å². The topological polar surface area (TPSA) is 21.3 Å². The maximum Gasteiger partial charge on any atom is 0.387 e. The van der Waals surface area contributed by atoms with Crippen molar-refractivity contribution in [3.05, 3.63) is 45.1 Å². The Morgan fingerprint density at radius 1 is 1.33 bits per heavy atom. The molecule has 0 bridgehead atoms. The molecular formula is C15H14ClF2NOS. The minimum atomic E-state index is -2.81. The lowest BCUT2D eigenvalue weighted by Crippen LogP contribution is -2.15. The molecule has 1 aromatic heterocycles. The van der Waals surface area contributed by atoms with Gasteiger partial charge in [-0.25, -0.2) is 0 Å². The van der Waals surface area contributed by atoms with E-state index in [0.29, 0.717) is 0 Å². The zero-order chi connectivity index (χ0) is 14.8. The Morgan fingerprint density at radius 2 is 2.19 bits per heavy atom. The average molecular weight is 330 g/mol. The summed E-state index contributed by atoms with van der Waals surface area (Å²) in [6.07, 6.45) is 3.15. The second-order valence-electron chi connectivity index (χ2n) is 4.92. The van der Waals surface area contributed by atoms with Crippen LogP contribution in [0.4, 0.5) is 14.5 Å². The number of thiophene rings is 1. The summed E-state index contributed by atoms with van der Waals surface area (Å²) in [7, 11) is 0.